The third-order valence-electron chi connectivity index (χ3n) is 3.84. The summed E-state index contributed by atoms with van der Waals surface area (Å²) < 4.78 is 4.74. The van der Waals surface area contributed by atoms with Crippen LogP contribution in [0.2, 0.25) is 0 Å². The first-order valence-corrected chi connectivity index (χ1v) is 7.30. The molecule has 0 saturated heterocycles. The predicted octanol–water partition coefficient (Wildman–Crippen LogP) is 1.83. The van der Waals surface area contributed by atoms with E-state index in [1.54, 1.807) is 6.92 Å². The minimum atomic E-state index is -0.865. The van der Waals surface area contributed by atoms with E-state index < -0.39 is 17.8 Å². The van der Waals surface area contributed by atoms with Crippen molar-refractivity contribution in [3.05, 3.63) is 40.6 Å². The van der Waals surface area contributed by atoms with Gasteiger partial charge in [-0.1, -0.05) is 12.1 Å². The number of benzene rings is 1. The molecule has 1 aliphatic heterocycles. The number of nitrogens with one attached hydrogen (secondary N) is 2. The Bertz CT molecular complexity index is 707. The quantitative estimate of drug-likeness (QED) is 0.833. The average molecular weight is 316 g/mol. The summed E-state index contributed by atoms with van der Waals surface area (Å²) in [5, 5.41) is 5.38. The maximum Gasteiger partial charge on any atom is 0.336 e. The SMILES string of the molecule is COC(=O)C1=C(C)NC(=O)C[C@H]1C(=O)Nc1cc(C)ccc1C. The Morgan fingerprint density at radius 2 is 1.96 bits per heavy atom. The molecule has 0 aliphatic carbocycles. The lowest BCUT2D eigenvalue weighted by molar-refractivity contribution is -0.139. The number of aryl methyl sites for hydroxylation is 2. The van der Waals surface area contributed by atoms with Crippen LogP contribution in [0.15, 0.2) is 29.5 Å². The van der Waals surface area contributed by atoms with E-state index in [4.69, 9.17) is 4.74 Å². The molecule has 23 heavy (non-hydrogen) atoms. The first-order valence-electron chi connectivity index (χ1n) is 7.30. The second kappa shape index (κ2) is 6.64. The topological polar surface area (TPSA) is 84.5 Å². The van der Waals surface area contributed by atoms with Crippen LogP contribution in [-0.2, 0) is 19.1 Å². The number of ether oxygens (including phenoxy) is 1. The molecule has 0 radical (unpaired) electrons. The van der Waals surface area contributed by atoms with Crippen molar-refractivity contribution >= 4 is 23.5 Å². The van der Waals surface area contributed by atoms with E-state index in [0.717, 1.165) is 11.1 Å². The van der Waals surface area contributed by atoms with Crippen molar-refractivity contribution in [2.45, 2.75) is 27.2 Å². The summed E-state index contributed by atoms with van der Waals surface area (Å²) in [6, 6.07) is 5.70. The van der Waals surface area contributed by atoms with Crippen molar-refractivity contribution in [3.63, 3.8) is 0 Å². The number of methoxy groups -OCH3 is 1. The monoisotopic (exact) mass is 316 g/mol. The van der Waals surface area contributed by atoms with E-state index in [1.165, 1.54) is 7.11 Å². The third-order valence-corrected chi connectivity index (χ3v) is 3.84. The van der Waals surface area contributed by atoms with Crippen LogP contribution < -0.4 is 10.6 Å². The predicted molar refractivity (Wildman–Crippen MR) is 85.5 cm³/mol. The van der Waals surface area contributed by atoms with Gasteiger partial charge in [-0.2, -0.15) is 0 Å². The lowest BCUT2D eigenvalue weighted by Crippen LogP contribution is -2.40. The van der Waals surface area contributed by atoms with Gasteiger partial charge in [0.2, 0.25) is 11.8 Å². The molecule has 0 aromatic heterocycles. The van der Waals surface area contributed by atoms with Crippen molar-refractivity contribution in [2.75, 3.05) is 12.4 Å². The van der Waals surface area contributed by atoms with Gasteiger partial charge in [0.05, 0.1) is 18.6 Å². The molecule has 1 aromatic rings. The number of anilines is 1. The standard InChI is InChI=1S/C17H20N2O4/c1-9-5-6-10(2)13(7-9)19-16(21)12-8-14(20)18-11(3)15(12)17(22)23-4/h5-7,12H,8H2,1-4H3,(H,18,20)(H,19,21)/t12-/m1/s1. The minimum absolute atomic E-state index is 0.0849. The Morgan fingerprint density at radius 3 is 2.61 bits per heavy atom. The molecule has 0 bridgehead atoms. The van der Waals surface area contributed by atoms with Crippen molar-refractivity contribution < 1.29 is 19.1 Å². The first kappa shape index (κ1) is 16.7. The molecule has 1 aliphatic rings. The van der Waals surface area contributed by atoms with Crippen molar-refractivity contribution in [2.24, 2.45) is 5.92 Å². The van der Waals surface area contributed by atoms with Gasteiger partial charge in [0.15, 0.2) is 0 Å². The lowest BCUT2D eigenvalue weighted by Gasteiger charge is -2.25. The van der Waals surface area contributed by atoms with Crippen molar-refractivity contribution in [1.82, 2.24) is 5.32 Å². The first-order chi connectivity index (χ1) is 10.8. The summed E-state index contributed by atoms with van der Waals surface area (Å²) >= 11 is 0. The fourth-order valence-electron chi connectivity index (χ4n) is 2.60. The molecule has 0 unspecified atom stereocenters. The van der Waals surface area contributed by atoms with Crippen LogP contribution in [0.4, 0.5) is 5.69 Å². The van der Waals surface area contributed by atoms with Crippen LogP contribution in [-0.4, -0.2) is 24.9 Å². The lowest BCUT2D eigenvalue weighted by atomic mass is 9.89. The van der Waals surface area contributed by atoms with Gasteiger partial charge >= 0.3 is 5.97 Å². The second-order valence-electron chi connectivity index (χ2n) is 5.64. The van der Waals surface area contributed by atoms with E-state index in [9.17, 15) is 14.4 Å². The molecule has 0 saturated carbocycles. The number of hydrogen-bond acceptors (Lipinski definition) is 4. The van der Waals surface area contributed by atoms with Gasteiger partial charge < -0.3 is 15.4 Å². The van der Waals surface area contributed by atoms with E-state index in [-0.39, 0.29) is 17.9 Å². The zero-order chi connectivity index (χ0) is 17.1. The Hall–Kier alpha value is -2.63. The highest BCUT2D eigenvalue weighted by Gasteiger charge is 2.36. The highest BCUT2D eigenvalue weighted by atomic mass is 16.5. The zero-order valence-electron chi connectivity index (χ0n) is 13.6. The molecule has 122 valence electrons. The summed E-state index contributed by atoms with van der Waals surface area (Å²) in [5.74, 6) is -2.16. The Kier molecular flexibility index (Phi) is 4.83. The summed E-state index contributed by atoms with van der Waals surface area (Å²) in [6.45, 7) is 5.39. The van der Waals surface area contributed by atoms with Crippen LogP contribution >= 0.6 is 0 Å². The number of esters is 1. The van der Waals surface area contributed by atoms with Crippen molar-refractivity contribution in [1.29, 1.82) is 0 Å². The molecule has 0 spiro atoms. The maximum atomic E-state index is 12.6. The number of hydrogen-bond donors (Lipinski definition) is 2. The number of amides is 2. The molecule has 1 aromatic carbocycles. The maximum absolute atomic E-state index is 12.6. The largest absolute Gasteiger partial charge is 0.466 e. The van der Waals surface area contributed by atoms with Crippen LogP contribution in [0.5, 0.6) is 0 Å². The van der Waals surface area contributed by atoms with Gasteiger partial charge in [0.1, 0.15) is 0 Å². The molecule has 1 atom stereocenters. The molecular weight excluding hydrogens is 296 g/mol. The smallest absolute Gasteiger partial charge is 0.336 e. The Balaban J connectivity index is 2.32. The van der Waals surface area contributed by atoms with Gasteiger partial charge in [0.25, 0.3) is 0 Å². The summed E-state index contributed by atoms with van der Waals surface area (Å²) in [7, 11) is 1.25. The van der Waals surface area contributed by atoms with Gasteiger partial charge in [-0.15, -0.1) is 0 Å². The van der Waals surface area contributed by atoms with Crippen LogP contribution in [0.25, 0.3) is 0 Å². The van der Waals surface area contributed by atoms with Gasteiger partial charge in [-0.3, -0.25) is 9.59 Å². The number of carbonyl (C=O) groups is 3. The van der Waals surface area contributed by atoms with Gasteiger partial charge in [-0.25, -0.2) is 4.79 Å². The highest BCUT2D eigenvalue weighted by Crippen LogP contribution is 2.26. The second-order valence-corrected chi connectivity index (χ2v) is 5.64. The van der Waals surface area contributed by atoms with E-state index in [0.29, 0.717) is 11.4 Å². The Labute approximate surface area is 134 Å². The molecule has 1 heterocycles. The van der Waals surface area contributed by atoms with Crippen molar-refractivity contribution in [3.8, 4) is 0 Å². The highest BCUT2D eigenvalue weighted by molar-refractivity contribution is 6.06. The molecule has 2 rings (SSSR count). The average Bonchev–Trinajstić information content (AvgIpc) is 2.49. The van der Waals surface area contributed by atoms with Crippen LogP contribution in [0, 0.1) is 19.8 Å². The van der Waals surface area contributed by atoms with Crippen LogP contribution in [0.1, 0.15) is 24.5 Å². The van der Waals surface area contributed by atoms with Gasteiger partial charge in [0, 0.05) is 17.8 Å². The Morgan fingerprint density at radius 1 is 1.26 bits per heavy atom. The zero-order valence-corrected chi connectivity index (χ0v) is 13.6. The summed E-state index contributed by atoms with van der Waals surface area (Å²) in [5.41, 5.74) is 3.13. The fourth-order valence-corrected chi connectivity index (χ4v) is 2.60. The molecule has 2 amide bonds. The van der Waals surface area contributed by atoms with E-state index >= 15 is 0 Å². The van der Waals surface area contributed by atoms with Crippen LogP contribution in [0.3, 0.4) is 0 Å². The number of rotatable bonds is 3. The molecule has 2 N–H and O–H groups in total. The molecule has 6 nitrogen and oxygen atoms in total. The molecule has 0 fully saturated rings. The van der Waals surface area contributed by atoms with E-state index in [1.807, 2.05) is 32.0 Å². The third kappa shape index (κ3) is 3.59. The fraction of sp³-hybridized carbons (Fsp3) is 0.353. The normalized spacial score (nSPS) is 17.6. The number of carbonyl (C=O) groups excluding carboxylic acids is 3. The molecule has 6 heteroatoms. The van der Waals surface area contributed by atoms with Gasteiger partial charge in [-0.05, 0) is 38.0 Å². The van der Waals surface area contributed by atoms with E-state index in [2.05, 4.69) is 10.6 Å². The number of allylic oxidation sites excluding steroid dienone is 1. The molecular formula is C17H20N2O4. The summed E-state index contributed by atoms with van der Waals surface area (Å²) in [6.07, 6.45) is -0.0849. The minimum Gasteiger partial charge on any atom is -0.466 e. The summed E-state index contributed by atoms with van der Waals surface area (Å²) in [4.78, 5) is 36.3.